The van der Waals surface area contributed by atoms with Crippen LogP contribution in [0.1, 0.15) is 131 Å². The standard InChI is InChI=1S/C20H36N4O3.C18H31NO3.C2H6O/c1-16(11-10-14-23-20(21)22)24-19(27)13-9-7-5-3-4-6-8-12-18(26)15-17(2)25;1-5-6-7-15(14-8-9-14)19-18(21)17(20)16-10-11(2)12(3)13(4)22-16;1-2-3/h5,7,9,13,16-17,25H,3-4,6,8,10-12,14-15H2,1-2H3,(H,24,27)(H4,21,22,23);12-17,20H,2,5-10H2,1,3-4H3,(H,19,21);3H,2H2,1H3/b7-5+,13-9+;;. The Hall–Kier alpha value is -3.06. The molecule has 7 unspecified atom stereocenters. The van der Waals surface area contributed by atoms with E-state index in [1.807, 2.05) is 26.0 Å². The van der Waals surface area contributed by atoms with Crippen LogP contribution in [0.5, 0.6) is 0 Å². The van der Waals surface area contributed by atoms with E-state index in [0.29, 0.717) is 25.3 Å². The quantitative estimate of drug-likeness (QED) is 0.0204. The van der Waals surface area contributed by atoms with Crippen LogP contribution in [0.2, 0.25) is 0 Å². The third-order valence-corrected chi connectivity index (χ3v) is 9.03. The van der Waals surface area contributed by atoms with Gasteiger partial charge in [-0.05, 0) is 91.4 Å². The largest absolute Gasteiger partial charge is 0.397 e. The molecule has 0 aromatic heterocycles. The number of guanidine groups is 1. The fraction of sp³-hybridized carbons (Fsp3) is 0.750. The van der Waals surface area contributed by atoms with Gasteiger partial charge in [-0.15, -0.1) is 0 Å². The Bertz CT molecular complexity index is 1100. The number of hydrogen-bond donors (Lipinski definition) is 7. The van der Waals surface area contributed by atoms with Crippen molar-refractivity contribution < 1.29 is 34.4 Å². The molecule has 1 aliphatic carbocycles. The number of ketones is 1. The van der Waals surface area contributed by atoms with Gasteiger partial charge in [0.1, 0.15) is 5.78 Å². The summed E-state index contributed by atoms with van der Waals surface area (Å²) < 4.78 is 5.82. The molecule has 1 aliphatic heterocycles. The predicted molar refractivity (Wildman–Crippen MR) is 210 cm³/mol. The maximum absolute atomic E-state index is 12.4. The lowest BCUT2D eigenvalue weighted by Crippen LogP contribution is -2.50. The Morgan fingerprint density at radius 1 is 1.00 bits per heavy atom. The van der Waals surface area contributed by atoms with E-state index in [-0.39, 0.29) is 60.7 Å². The second kappa shape index (κ2) is 29.4. The molecule has 0 aromatic carbocycles. The number of carbonyl (C=O) groups is 3. The lowest BCUT2D eigenvalue weighted by molar-refractivity contribution is -0.147. The number of amides is 2. The lowest BCUT2D eigenvalue weighted by atomic mass is 9.88. The number of nitrogens with two attached hydrogens (primary N) is 2. The van der Waals surface area contributed by atoms with Gasteiger partial charge in [0.05, 0.1) is 18.3 Å². The minimum atomic E-state index is -1.10. The van der Waals surface area contributed by atoms with Crippen LogP contribution in [0.15, 0.2) is 41.4 Å². The molecule has 2 fully saturated rings. The van der Waals surface area contributed by atoms with Crippen LogP contribution in [0, 0.1) is 11.8 Å². The summed E-state index contributed by atoms with van der Waals surface area (Å²) in [5.74, 6) is 0.684. The van der Waals surface area contributed by atoms with Crippen molar-refractivity contribution in [1.29, 1.82) is 0 Å². The van der Waals surface area contributed by atoms with E-state index in [0.717, 1.165) is 63.4 Å². The maximum Gasteiger partial charge on any atom is 0.251 e. The Balaban J connectivity index is 0.000000942. The molecule has 300 valence electrons. The van der Waals surface area contributed by atoms with E-state index in [4.69, 9.17) is 26.4 Å². The SMILES string of the molecule is C=C1CC(C(O)C(=O)NC(CCCC)C2CC2)OC(C)C1C.CC(O)CC(=O)CCCCC/C=C/C=C/C(=O)NC(C)CCCN=C(N)N.CCO. The molecule has 7 atom stereocenters. The molecule has 12 heteroatoms. The second-order valence-corrected chi connectivity index (χ2v) is 14.2. The van der Waals surface area contributed by atoms with Gasteiger partial charge in [0, 0.05) is 50.1 Å². The van der Waals surface area contributed by atoms with Gasteiger partial charge in [0.15, 0.2) is 12.1 Å². The van der Waals surface area contributed by atoms with Gasteiger partial charge >= 0.3 is 0 Å². The van der Waals surface area contributed by atoms with Gasteiger partial charge in [-0.2, -0.15) is 0 Å². The fourth-order valence-electron chi connectivity index (χ4n) is 5.67. The van der Waals surface area contributed by atoms with E-state index in [2.05, 4.69) is 36.1 Å². The van der Waals surface area contributed by atoms with Crippen LogP contribution in [0.25, 0.3) is 0 Å². The number of Topliss-reactive ketones (excluding diaryl/α,β-unsaturated/α-hetero) is 1. The molecule has 52 heavy (non-hydrogen) atoms. The summed E-state index contributed by atoms with van der Waals surface area (Å²) in [5, 5.41) is 33.0. The van der Waals surface area contributed by atoms with Crippen molar-refractivity contribution in [2.45, 2.75) is 168 Å². The number of nitrogens with zero attached hydrogens (tertiary/aromatic N) is 1. The van der Waals surface area contributed by atoms with E-state index in [1.165, 1.54) is 18.9 Å². The molecule has 9 N–H and O–H groups in total. The van der Waals surface area contributed by atoms with Crippen LogP contribution in [-0.4, -0.2) is 88.5 Å². The zero-order chi connectivity index (χ0) is 39.5. The topological polar surface area (TPSA) is 210 Å². The van der Waals surface area contributed by atoms with Gasteiger partial charge < -0.3 is 42.2 Å². The maximum atomic E-state index is 12.4. The number of rotatable bonds is 22. The lowest BCUT2D eigenvalue weighted by Gasteiger charge is -2.36. The number of ether oxygens (including phenoxy) is 1. The molecule has 12 nitrogen and oxygen atoms in total. The molecule has 1 saturated carbocycles. The molecule has 2 amide bonds. The summed E-state index contributed by atoms with van der Waals surface area (Å²) in [5.41, 5.74) is 11.6. The Kier molecular flexibility index (Phi) is 27.7. The van der Waals surface area contributed by atoms with Crippen LogP contribution in [-0.2, 0) is 19.1 Å². The van der Waals surface area contributed by atoms with Gasteiger partial charge in [0.25, 0.3) is 5.91 Å². The minimum Gasteiger partial charge on any atom is -0.397 e. The van der Waals surface area contributed by atoms with Crippen molar-refractivity contribution in [2.24, 2.45) is 28.3 Å². The van der Waals surface area contributed by atoms with E-state index >= 15 is 0 Å². The fourth-order valence-corrected chi connectivity index (χ4v) is 5.67. The summed E-state index contributed by atoms with van der Waals surface area (Å²) >= 11 is 0. The number of carbonyl (C=O) groups excluding carboxylic acids is 3. The van der Waals surface area contributed by atoms with Crippen molar-refractivity contribution in [3.05, 3.63) is 36.5 Å². The summed E-state index contributed by atoms with van der Waals surface area (Å²) in [6.07, 6.45) is 17.4. The zero-order valence-electron chi connectivity index (χ0n) is 33.0. The van der Waals surface area contributed by atoms with Crippen molar-refractivity contribution in [1.82, 2.24) is 10.6 Å². The zero-order valence-corrected chi connectivity index (χ0v) is 33.0. The second-order valence-electron chi connectivity index (χ2n) is 14.2. The first-order valence-electron chi connectivity index (χ1n) is 19.5. The van der Waals surface area contributed by atoms with Gasteiger partial charge in [0.2, 0.25) is 5.91 Å². The number of unbranched alkanes of at least 4 members (excludes halogenated alkanes) is 4. The summed E-state index contributed by atoms with van der Waals surface area (Å²) in [6, 6.07) is 0.280. The smallest absolute Gasteiger partial charge is 0.251 e. The van der Waals surface area contributed by atoms with Crippen LogP contribution >= 0.6 is 0 Å². The first-order valence-corrected chi connectivity index (χ1v) is 19.5. The molecule has 0 spiro atoms. The van der Waals surface area contributed by atoms with Crippen molar-refractivity contribution >= 4 is 23.6 Å². The van der Waals surface area contributed by atoms with E-state index in [9.17, 15) is 19.5 Å². The summed E-state index contributed by atoms with van der Waals surface area (Å²) in [6.45, 7) is 16.3. The third-order valence-electron chi connectivity index (χ3n) is 9.03. The summed E-state index contributed by atoms with van der Waals surface area (Å²) in [7, 11) is 0. The molecule has 2 aliphatic rings. The van der Waals surface area contributed by atoms with Crippen LogP contribution in [0.4, 0.5) is 0 Å². The minimum absolute atomic E-state index is 0.00646. The highest BCUT2D eigenvalue weighted by Crippen LogP contribution is 2.35. The molecular weight excluding hydrogens is 662 g/mol. The van der Waals surface area contributed by atoms with Crippen LogP contribution < -0.4 is 22.1 Å². The summed E-state index contributed by atoms with van der Waals surface area (Å²) in [4.78, 5) is 39.5. The molecule has 0 bridgehead atoms. The third kappa shape index (κ3) is 25.0. The Labute approximate surface area is 314 Å². The first kappa shape index (κ1) is 48.9. The number of aliphatic hydroxyl groups is 3. The molecule has 1 saturated heterocycles. The highest BCUT2D eigenvalue weighted by molar-refractivity contribution is 5.88. The predicted octanol–water partition coefficient (Wildman–Crippen LogP) is 4.75. The Morgan fingerprint density at radius 2 is 1.67 bits per heavy atom. The molecule has 2 rings (SSSR count). The first-order chi connectivity index (χ1) is 24.7. The normalized spacial score (nSPS) is 20.8. The average Bonchev–Trinajstić information content (AvgIpc) is 3.92. The highest BCUT2D eigenvalue weighted by atomic mass is 16.5. The molecule has 0 radical (unpaired) electrons. The molecule has 1 heterocycles. The number of hydrogen-bond acceptors (Lipinski definition) is 8. The monoisotopic (exact) mass is 736 g/mol. The Morgan fingerprint density at radius 3 is 2.25 bits per heavy atom. The number of nitrogens with one attached hydrogen (secondary N) is 2. The molecule has 0 aromatic rings. The van der Waals surface area contributed by atoms with Crippen molar-refractivity contribution in [2.75, 3.05) is 13.2 Å². The van der Waals surface area contributed by atoms with Gasteiger partial charge in [-0.1, -0.05) is 63.5 Å². The number of aliphatic hydroxyl groups excluding tert-OH is 3. The van der Waals surface area contributed by atoms with Crippen molar-refractivity contribution in [3.63, 3.8) is 0 Å². The van der Waals surface area contributed by atoms with E-state index in [1.54, 1.807) is 19.9 Å². The van der Waals surface area contributed by atoms with Gasteiger partial charge in [-0.3, -0.25) is 19.4 Å². The van der Waals surface area contributed by atoms with Gasteiger partial charge in [-0.25, -0.2) is 0 Å². The van der Waals surface area contributed by atoms with Crippen LogP contribution in [0.3, 0.4) is 0 Å². The number of aliphatic imine (C=N–C) groups is 1. The highest BCUT2D eigenvalue weighted by Gasteiger charge is 2.38. The van der Waals surface area contributed by atoms with Crippen molar-refractivity contribution in [3.8, 4) is 0 Å². The average molecular weight is 736 g/mol. The number of allylic oxidation sites excluding steroid dienone is 3. The van der Waals surface area contributed by atoms with E-state index < -0.39 is 18.3 Å². The molecular formula is C40H73N5O7.